The SMILES string of the molecule is O=C(COc1ccc(Cl)cc1S(=O)(=O)N1CCCC1)Nc1ccc(Cl)cc1C(=O)c1ccccc1. The van der Waals surface area contributed by atoms with Crippen molar-refractivity contribution in [2.24, 2.45) is 0 Å². The zero-order chi connectivity index (χ0) is 25.0. The maximum absolute atomic E-state index is 13.1. The summed E-state index contributed by atoms with van der Waals surface area (Å²) in [6.45, 7) is 0.360. The van der Waals surface area contributed by atoms with Gasteiger partial charge in [-0.2, -0.15) is 4.31 Å². The van der Waals surface area contributed by atoms with Gasteiger partial charge in [0.2, 0.25) is 10.0 Å². The number of amides is 1. The molecule has 0 saturated carbocycles. The largest absolute Gasteiger partial charge is 0.482 e. The summed E-state index contributed by atoms with van der Waals surface area (Å²) in [5.74, 6) is -0.858. The molecule has 3 aromatic rings. The quantitative estimate of drug-likeness (QED) is 0.411. The fraction of sp³-hybridized carbons (Fsp3) is 0.200. The molecule has 1 aliphatic rings. The van der Waals surface area contributed by atoms with Crippen molar-refractivity contribution in [3.05, 3.63) is 87.9 Å². The van der Waals surface area contributed by atoms with Crippen LogP contribution in [0.1, 0.15) is 28.8 Å². The van der Waals surface area contributed by atoms with E-state index < -0.39 is 22.5 Å². The monoisotopic (exact) mass is 532 g/mol. The Hall–Kier alpha value is -2.91. The van der Waals surface area contributed by atoms with Gasteiger partial charge in [0.1, 0.15) is 10.6 Å². The molecule has 0 aliphatic carbocycles. The number of halogens is 2. The number of carbonyl (C=O) groups excluding carboxylic acids is 2. The molecule has 0 bridgehead atoms. The molecule has 0 aromatic heterocycles. The van der Waals surface area contributed by atoms with Crippen LogP contribution in [0.5, 0.6) is 5.75 Å². The Bertz CT molecular complexity index is 1360. The third-order valence-corrected chi connectivity index (χ3v) is 7.87. The number of ketones is 1. The van der Waals surface area contributed by atoms with Crippen LogP contribution < -0.4 is 10.1 Å². The Morgan fingerprint density at radius 3 is 2.29 bits per heavy atom. The highest BCUT2D eigenvalue weighted by molar-refractivity contribution is 7.89. The Balaban J connectivity index is 1.52. The topological polar surface area (TPSA) is 92.8 Å². The number of anilines is 1. The van der Waals surface area contributed by atoms with Gasteiger partial charge >= 0.3 is 0 Å². The molecule has 0 spiro atoms. The minimum absolute atomic E-state index is 0.0214. The lowest BCUT2D eigenvalue weighted by atomic mass is 10.0. The minimum atomic E-state index is -3.82. The van der Waals surface area contributed by atoms with Crippen molar-refractivity contribution in [3.63, 3.8) is 0 Å². The molecule has 35 heavy (non-hydrogen) atoms. The second-order valence-corrected chi connectivity index (χ2v) is 10.7. The maximum Gasteiger partial charge on any atom is 0.262 e. The number of carbonyl (C=O) groups is 2. The van der Waals surface area contributed by atoms with E-state index in [4.69, 9.17) is 27.9 Å². The van der Waals surface area contributed by atoms with E-state index in [1.54, 1.807) is 36.4 Å². The molecular formula is C25H22Cl2N2O5S. The van der Waals surface area contributed by atoms with Crippen molar-refractivity contribution in [2.75, 3.05) is 25.0 Å². The van der Waals surface area contributed by atoms with Gasteiger partial charge in [0.05, 0.1) is 5.69 Å². The summed E-state index contributed by atoms with van der Waals surface area (Å²) in [6, 6.07) is 17.4. The van der Waals surface area contributed by atoms with Gasteiger partial charge in [0.15, 0.2) is 12.4 Å². The first-order valence-electron chi connectivity index (χ1n) is 10.9. The average Bonchev–Trinajstić information content (AvgIpc) is 3.40. The second kappa shape index (κ2) is 10.8. The first-order chi connectivity index (χ1) is 16.8. The number of sulfonamides is 1. The molecule has 1 heterocycles. The number of nitrogens with one attached hydrogen (secondary N) is 1. The van der Waals surface area contributed by atoms with Crippen molar-refractivity contribution in [3.8, 4) is 5.75 Å². The number of rotatable bonds is 8. The first-order valence-corrected chi connectivity index (χ1v) is 13.1. The summed E-state index contributed by atoms with van der Waals surface area (Å²) in [6.07, 6.45) is 1.56. The van der Waals surface area contributed by atoms with E-state index in [1.807, 2.05) is 0 Å². The van der Waals surface area contributed by atoms with Crippen LogP contribution in [0, 0.1) is 0 Å². The van der Waals surface area contributed by atoms with E-state index in [2.05, 4.69) is 5.32 Å². The van der Waals surface area contributed by atoms with E-state index in [1.165, 1.54) is 34.6 Å². The fourth-order valence-corrected chi connectivity index (χ4v) is 5.84. The number of benzene rings is 3. The zero-order valence-electron chi connectivity index (χ0n) is 18.5. The molecule has 1 aliphatic heterocycles. The number of ether oxygens (including phenoxy) is 1. The van der Waals surface area contributed by atoms with Gasteiger partial charge < -0.3 is 10.1 Å². The highest BCUT2D eigenvalue weighted by atomic mass is 35.5. The molecule has 1 fully saturated rings. The van der Waals surface area contributed by atoms with E-state index in [-0.39, 0.29) is 32.7 Å². The molecule has 4 rings (SSSR count). The Morgan fingerprint density at radius 1 is 0.914 bits per heavy atom. The lowest BCUT2D eigenvalue weighted by Gasteiger charge is -2.18. The molecule has 1 N–H and O–H groups in total. The van der Waals surface area contributed by atoms with Crippen molar-refractivity contribution in [2.45, 2.75) is 17.7 Å². The molecule has 10 heteroatoms. The Kier molecular flexibility index (Phi) is 7.76. The molecule has 0 radical (unpaired) electrons. The Morgan fingerprint density at radius 2 is 1.57 bits per heavy atom. The van der Waals surface area contributed by atoms with Gasteiger partial charge in [-0.1, -0.05) is 53.5 Å². The number of nitrogens with zero attached hydrogens (tertiary/aromatic N) is 1. The van der Waals surface area contributed by atoms with Gasteiger partial charge in [-0.15, -0.1) is 0 Å². The summed E-state index contributed by atoms with van der Waals surface area (Å²) < 4.78 is 33.1. The summed E-state index contributed by atoms with van der Waals surface area (Å²) in [4.78, 5) is 25.6. The minimum Gasteiger partial charge on any atom is -0.482 e. The maximum atomic E-state index is 13.1. The van der Waals surface area contributed by atoms with Crippen molar-refractivity contribution in [1.29, 1.82) is 0 Å². The third-order valence-electron chi connectivity index (χ3n) is 5.48. The van der Waals surface area contributed by atoms with Crippen LogP contribution >= 0.6 is 23.2 Å². The van der Waals surface area contributed by atoms with Crippen molar-refractivity contribution >= 4 is 50.6 Å². The normalized spacial score (nSPS) is 14.0. The van der Waals surface area contributed by atoms with Crippen molar-refractivity contribution < 1.29 is 22.7 Å². The van der Waals surface area contributed by atoms with Gasteiger partial charge in [0, 0.05) is 34.3 Å². The van der Waals surface area contributed by atoms with Crippen LogP contribution in [0.4, 0.5) is 5.69 Å². The Labute approximate surface area is 213 Å². The molecule has 1 saturated heterocycles. The van der Waals surface area contributed by atoms with E-state index in [0.717, 1.165) is 12.8 Å². The second-order valence-electron chi connectivity index (χ2n) is 7.92. The van der Waals surface area contributed by atoms with Crippen LogP contribution in [-0.2, 0) is 14.8 Å². The van der Waals surface area contributed by atoms with Crippen LogP contribution in [0.2, 0.25) is 10.0 Å². The molecular weight excluding hydrogens is 511 g/mol. The number of hydrogen-bond acceptors (Lipinski definition) is 5. The van der Waals surface area contributed by atoms with E-state index >= 15 is 0 Å². The third kappa shape index (κ3) is 5.85. The summed E-state index contributed by atoms with van der Waals surface area (Å²) in [7, 11) is -3.82. The number of hydrogen-bond donors (Lipinski definition) is 1. The standard InChI is InChI=1S/C25H22Cl2N2O5S/c26-18-8-10-21(20(14-18)25(31)17-6-2-1-3-7-17)28-24(30)16-34-22-11-9-19(27)15-23(22)35(32,33)29-12-4-5-13-29/h1-3,6-11,14-15H,4-5,12-13,16H2,(H,28,30). The lowest BCUT2D eigenvalue weighted by molar-refractivity contribution is -0.118. The summed E-state index contributed by atoms with van der Waals surface area (Å²) >= 11 is 12.1. The van der Waals surface area contributed by atoms with Crippen molar-refractivity contribution in [1.82, 2.24) is 4.31 Å². The average molecular weight is 533 g/mol. The zero-order valence-corrected chi connectivity index (χ0v) is 20.9. The predicted molar refractivity (Wildman–Crippen MR) is 135 cm³/mol. The van der Waals surface area contributed by atoms with Gasteiger partial charge in [-0.05, 0) is 49.2 Å². The molecule has 7 nitrogen and oxygen atoms in total. The molecule has 0 unspecified atom stereocenters. The van der Waals surface area contributed by atoms with Crippen LogP contribution in [0.25, 0.3) is 0 Å². The first kappa shape index (κ1) is 25.2. The molecule has 3 aromatic carbocycles. The predicted octanol–water partition coefficient (Wildman–Crippen LogP) is 5.03. The highest BCUT2D eigenvalue weighted by Crippen LogP contribution is 2.31. The molecule has 0 atom stereocenters. The van der Waals surface area contributed by atoms with Crippen LogP contribution in [0.3, 0.4) is 0 Å². The smallest absolute Gasteiger partial charge is 0.262 e. The van der Waals surface area contributed by atoms with Gasteiger partial charge in [-0.3, -0.25) is 9.59 Å². The van der Waals surface area contributed by atoms with Crippen LogP contribution in [0.15, 0.2) is 71.6 Å². The molecule has 1 amide bonds. The fourth-order valence-electron chi connectivity index (χ4n) is 3.76. The van der Waals surface area contributed by atoms with E-state index in [0.29, 0.717) is 23.7 Å². The van der Waals surface area contributed by atoms with Gasteiger partial charge in [-0.25, -0.2) is 8.42 Å². The van der Waals surface area contributed by atoms with Gasteiger partial charge in [0.25, 0.3) is 5.91 Å². The van der Waals surface area contributed by atoms with Crippen LogP contribution in [-0.4, -0.2) is 44.1 Å². The van der Waals surface area contributed by atoms with E-state index in [9.17, 15) is 18.0 Å². The highest BCUT2D eigenvalue weighted by Gasteiger charge is 2.30. The lowest BCUT2D eigenvalue weighted by Crippen LogP contribution is -2.29. The summed E-state index contributed by atoms with van der Waals surface area (Å²) in [5, 5.41) is 3.24. The summed E-state index contributed by atoms with van der Waals surface area (Å²) in [5.41, 5.74) is 0.929. The molecule has 182 valence electrons.